The number of nitrogens with one attached hydrogen (secondary N) is 1. The number of hydrogen-bond acceptors (Lipinski definition) is 2. The Morgan fingerprint density at radius 2 is 2.06 bits per heavy atom. The number of nitriles is 1. The van der Waals surface area contributed by atoms with Gasteiger partial charge in [0.25, 0.3) is 0 Å². The topological polar surface area (TPSA) is 78.9 Å². The Bertz CT molecular complexity index is 462. The molecule has 0 unspecified atom stereocenters. The fraction of sp³-hybridized carbons (Fsp3) is 0.111. The van der Waals surface area contributed by atoms with Crippen LogP contribution in [-0.2, 0) is 6.18 Å². The number of anilines is 1. The average molecular weight is 229 g/mol. The van der Waals surface area contributed by atoms with Crippen molar-refractivity contribution in [2.24, 2.45) is 5.73 Å². The fourth-order valence-electron chi connectivity index (χ4n) is 1.09. The number of hydrogen-bond donors (Lipinski definition) is 2. The van der Waals surface area contributed by atoms with Crippen LogP contribution in [0.2, 0.25) is 0 Å². The van der Waals surface area contributed by atoms with Crippen molar-refractivity contribution in [3.8, 4) is 6.07 Å². The highest BCUT2D eigenvalue weighted by Gasteiger charge is 2.34. The molecule has 0 aliphatic rings. The van der Waals surface area contributed by atoms with Gasteiger partial charge in [0.2, 0.25) is 0 Å². The minimum Gasteiger partial charge on any atom is -0.351 e. The minimum atomic E-state index is -4.66. The summed E-state index contributed by atoms with van der Waals surface area (Å²) in [5, 5.41) is 10.3. The monoisotopic (exact) mass is 229 g/mol. The highest BCUT2D eigenvalue weighted by molar-refractivity contribution is 5.89. The van der Waals surface area contributed by atoms with E-state index in [-0.39, 0.29) is 5.56 Å². The van der Waals surface area contributed by atoms with E-state index in [0.717, 1.165) is 12.1 Å². The number of benzene rings is 1. The maximum absolute atomic E-state index is 12.5. The highest BCUT2D eigenvalue weighted by atomic mass is 19.4. The third-order valence-electron chi connectivity index (χ3n) is 1.71. The third-order valence-corrected chi connectivity index (χ3v) is 1.71. The molecular formula is C9H6F3N3O. The fourth-order valence-corrected chi connectivity index (χ4v) is 1.09. The lowest BCUT2D eigenvalue weighted by Crippen LogP contribution is -2.22. The van der Waals surface area contributed by atoms with Gasteiger partial charge < -0.3 is 11.1 Å². The number of carbonyl (C=O) groups excluding carboxylic acids is 1. The largest absolute Gasteiger partial charge is 0.418 e. The normalized spacial score (nSPS) is 10.6. The second kappa shape index (κ2) is 4.10. The highest BCUT2D eigenvalue weighted by Crippen LogP contribution is 2.35. The summed E-state index contributed by atoms with van der Waals surface area (Å²) in [5.74, 6) is 0. The van der Waals surface area contributed by atoms with Crippen LogP contribution in [0.1, 0.15) is 11.1 Å². The number of carbonyl (C=O) groups is 1. The van der Waals surface area contributed by atoms with Gasteiger partial charge in [-0.15, -0.1) is 0 Å². The first-order valence-corrected chi connectivity index (χ1v) is 4.02. The van der Waals surface area contributed by atoms with Crippen molar-refractivity contribution in [1.29, 1.82) is 5.26 Å². The van der Waals surface area contributed by atoms with Crippen molar-refractivity contribution in [2.75, 3.05) is 5.32 Å². The second-order valence-corrected chi connectivity index (χ2v) is 2.86. The molecule has 84 valence electrons. The first-order valence-electron chi connectivity index (χ1n) is 4.02. The summed E-state index contributed by atoms with van der Waals surface area (Å²) in [4.78, 5) is 10.5. The zero-order valence-corrected chi connectivity index (χ0v) is 7.80. The molecule has 0 aliphatic carbocycles. The van der Waals surface area contributed by atoms with Gasteiger partial charge in [0, 0.05) is 0 Å². The maximum atomic E-state index is 12.5. The molecule has 0 fully saturated rings. The summed E-state index contributed by atoms with van der Waals surface area (Å²) in [5.41, 5.74) is 2.99. The first kappa shape index (κ1) is 11.8. The Labute approximate surface area is 88.5 Å². The quantitative estimate of drug-likeness (QED) is 0.773. The van der Waals surface area contributed by atoms with Gasteiger partial charge in [-0.1, -0.05) is 0 Å². The smallest absolute Gasteiger partial charge is 0.351 e. The lowest BCUT2D eigenvalue weighted by atomic mass is 10.1. The van der Waals surface area contributed by atoms with Crippen molar-refractivity contribution >= 4 is 11.7 Å². The summed E-state index contributed by atoms with van der Waals surface area (Å²) >= 11 is 0. The number of amides is 2. The molecule has 1 aromatic carbocycles. The van der Waals surface area contributed by atoms with Crippen molar-refractivity contribution < 1.29 is 18.0 Å². The van der Waals surface area contributed by atoms with E-state index in [2.05, 4.69) is 0 Å². The second-order valence-electron chi connectivity index (χ2n) is 2.86. The van der Waals surface area contributed by atoms with E-state index in [0.29, 0.717) is 6.07 Å². The molecule has 7 heteroatoms. The number of urea groups is 1. The van der Waals surface area contributed by atoms with Crippen LogP contribution >= 0.6 is 0 Å². The van der Waals surface area contributed by atoms with Gasteiger partial charge >= 0.3 is 12.2 Å². The number of rotatable bonds is 1. The standard InChI is InChI=1S/C9H6F3N3O/c10-9(11,12)6-3-5(4-13)1-2-7(6)15-8(14)16/h1-3H,(H3,14,15,16). The summed E-state index contributed by atoms with van der Waals surface area (Å²) < 4.78 is 37.5. The van der Waals surface area contributed by atoms with E-state index in [1.54, 1.807) is 6.07 Å². The van der Waals surface area contributed by atoms with Crippen LogP contribution in [0.25, 0.3) is 0 Å². The molecule has 0 bridgehead atoms. The van der Waals surface area contributed by atoms with E-state index in [1.165, 1.54) is 0 Å². The predicted octanol–water partition coefficient (Wildman–Crippen LogP) is 2.07. The molecule has 0 heterocycles. The molecule has 1 rings (SSSR count). The molecule has 0 spiro atoms. The van der Waals surface area contributed by atoms with Crippen molar-refractivity contribution in [1.82, 2.24) is 0 Å². The Hall–Kier alpha value is -2.23. The molecule has 3 N–H and O–H groups in total. The van der Waals surface area contributed by atoms with Crippen LogP contribution in [0.3, 0.4) is 0 Å². The maximum Gasteiger partial charge on any atom is 0.418 e. The van der Waals surface area contributed by atoms with E-state index >= 15 is 0 Å². The van der Waals surface area contributed by atoms with Gasteiger partial charge in [-0.25, -0.2) is 4.79 Å². The van der Waals surface area contributed by atoms with Crippen molar-refractivity contribution in [3.63, 3.8) is 0 Å². The van der Waals surface area contributed by atoms with Gasteiger partial charge in [-0.3, -0.25) is 0 Å². The van der Waals surface area contributed by atoms with Crippen LogP contribution in [0.15, 0.2) is 18.2 Å². The lowest BCUT2D eigenvalue weighted by molar-refractivity contribution is -0.136. The van der Waals surface area contributed by atoms with Gasteiger partial charge in [0.05, 0.1) is 22.9 Å². The molecule has 0 saturated heterocycles. The van der Waals surface area contributed by atoms with Crippen LogP contribution in [0, 0.1) is 11.3 Å². The number of alkyl halides is 3. The molecule has 2 amide bonds. The first-order chi connectivity index (χ1) is 7.34. The van der Waals surface area contributed by atoms with Gasteiger partial charge in [-0.2, -0.15) is 18.4 Å². The number of halogens is 3. The van der Waals surface area contributed by atoms with E-state index in [1.807, 2.05) is 5.32 Å². The molecule has 0 radical (unpaired) electrons. The van der Waals surface area contributed by atoms with Crippen molar-refractivity contribution in [3.05, 3.63) is 29.3 Å². The zero-order chi connectivity index (χ0) is 12.3. The van der Waals surface area contributed by atoms with E-state index in [4.69, 9.17) is 11.0 Å². The van der Waals surface area contributed by atoms with Gasteiger partial charge in [-0.05, 0) is 18.2 Å². The number of nitrogens with zero attached hydrogens (tertiary/aromatic N) is 1. The predicted molar refractivity (Wildman–Crippen MR) is 49.4 cm³/mol. The van der Waals surface area contributed by atoms with Crippen LogP contribution in [0.5, 0.6) is 0 Å². The molecule has 0 saturated carbocycles. The van der Waals surface area contributed by atoms with Gasteiger partial charge in [0.15, 0.2) is 0 Å². The third kappa shape index (κ3) is 2.63. The van der Waals surface area contributed by atoms with E-state index in [9.17, 15) is 18.0 Å². The number of nitrogens with two attached hydrogens (primary N) is 1. The molecule has 0 atom stereocenters. The van der Waals surface area contributed by atoms with Crippen LogP contribution in [0.4, 0.5) is 23.7 Å². The molecule has 0 aliphatic heterocycles. The van der Waals surface area contributed by atoms with Crippen LogP contribution < -0.4 is 11.1 Å². The minimum absolute atomic E-state index is 0.151. The van der Waals surface area contributed by atoms with E-state index < -0.39 is 23.5 Å². The number of primary amides is 1. The Kier molecular flexibility index (Phi) is 3.04. The lowest BCUT2D eigenvalue weighted by Gasteiger charge is -2.12. The summed E-state index contributed by atoms with van der Waals surface area (Å²) in [6.45, 7) is 0. The Morgan fingerprint density at radius 1 is 1.44 bits per heavy atom. The average Bonchev–Trinajstić information content (AvgIpc) is 2.15. The molecule has 1 aromatic rings. The molecule has 4 nitrogen and oxygen atoms in total. The van der Waals surface area contributed by atoms with Gasteiger partial charge in [0.1, 0.15) is 0 Å². The summed E-state index contributed by atoms with van der Waals surface area (Å²) in [6, 6.07) is 3.25. The molecule has 0 aromatic heterocycles. The molecular weight excluding hydrogens is 223 g/mol. The SMILES string of the molecule is N#Cc1ccc(NC(N)=O)c(C(F)(F)F)c1. The Balaban J connectivity index is 3.28. The van der Waals surface area contributed by atoms with Crippen molar-refractivity contribution in [2.45, 2.75) is 6.18 Å². The summed E-state index contributed by atoms with van der Waals surface area (Å²) in [6.07, 6.45) is -4.66. The summed E-state index contributed by atoms with van der Waals surface area (Å²) in [7, 11) is 0. The van der Waals surface area contributed by atoms with Crippen LogP contribution in [-0.4, -0.2) is 6.03 Å². The zero-order valence-electron chi connectivity index (χ0n) is 7.80. The molecule has 16 heavy (non-hydrogen) atoms. The Morgan fingerprint density at radius 3 is 2.50 bits per heavy atom.